The molecule has 0 saturated carbocycles. The third-order valence-corrected chi connectivity index (χ3v) is 6.03. The van der Waals surface area contributed by atoms with Gasteiger partial charge in [0.1, 0.15) is 12.1 Å². The van der Waals surface area contributed by atoms with Gasteiger partial charge in [0.25, 0.3) is 5.91 Å². The van der Waals surface area contributed by atoms with E-state index >= 15 is 0 Å². The molecule has 2 amide bonds. The summed E-state index contributed by atoms with van der Waals surface area (Å²) in [5.74, 6) is -1.78. The highest BCUT2D eigenvalue weighted by Crippen LogP contribution is 2.44. The monoisotopic (exact) mass is 440 g/mol. The second-order valence-electron chi connectivity index (χ2n) is 8.19. The van der Waals surface area contributed by atoms with Crippen molar-refractivity contribution in [2.75, 3.05) is 27.3 Å². The van der Waals surface area contributed by atoms with Crippen LogP contribution in [0.4, 0.5) is 4.79 Å². The molecule has 32 heavy (non-hydrogen) atoms. The molecule has 2 aromatic carbocycles. The maximum absolute atomic E-state index is 12.6. The number of carboxylic acid groups (broad SMARTS) is 1. The van der Waals surface area contributed by atoms with Crippen LogP contribution in [-0.2, 0) is 19.1 Å². The molecular weight excluding hydrogens is 412 g/mol. The van der Waals surface area contributed by atoms with Crippen molar-refractivity contribution in [2.45, 2.75) is 31.4 Å². The molecule has 0 radical (unpaired) electrons. The number of amides is 2. The van der Waals surface area contributed by atoms with E-state index in [1.807, 2.05) is 36.4 Å². The number of hydrogen-bond acceptors (Lipinski definition) is 5. The van der Waals surface area contributed by atoms with Gasteiger partial charge in [-0.05, 0) is 36.1 Å². The van der Waals surface area contributed by atoms with Gasteiger partial charge >= 0.3 is 12.1 Å². The summed E-state index contributed by atoms with van der Waals surface area (Å²) in [6.07, 6.45) is -1.72. The van der Waals surface area contributed by atoms with Crippen molar-refractivity contribution in [3.05, 3.63) is 59.7 Å². The zero-order valence-corrected chi connectivity index (χ0v) is 18.6. The Kier molecular flexibility index (Phi) is 6.84. The molecule has 170 valence electrons. The van der Waals surface area contributed by atoms with Crippen molar-refractivity contribution >= 4 is 18.0 Å². The lowest BCUT2D eigenvalue weighted by Gasteiger charge is -2.33. The molecular formula is C24H28N2O6. The Morgan fingerprint density at radius 2 is 1.59 bits per heavy atom. The highest BCUT2D eigenvalue weighted by molar-refractivity contribution is 5.89. The van der Waals surface area contributed by atoms with Crippen molar-refractivity contribution < 1.29 is 29.0 Å². The number of benzene rings is 2. The van der Waals surface area contributed by atoms with Crippen molar-refractivity contribution in [1.82, 2.24) is 10.2 Å². The number of alkyl carbamates (subject to hydrolysis) is 1. The lowest BCUT2D eigenvalue weighted by atomic mass is 9.98. The van der Waals surface area contributed by atoms with Crippen LogP contribution in [0.3, 0.4) is 0 Å². The van der Waals surface area contributed by atoms with Gasteiger partial charge in [-0.2, -0.15) is 0 Å². The molecule has 0 heterocycles. The van der Waals surface area contributed by atoms with Crippen LogP contribution in [0.25, 0.3) is 11.1 Å². The first kappa shape index (κ1) is 23.3. The summed E-state index contributed by atoms with van der Waals surface area (Å²) in [6.45, 7) is 2.83. The Hall–Kier alpha value is -3.39. The molecule has 0 fully saturated rings. The number of likely N-dealkylation sites (N-methyl/N-ethyl adjacent to an activating group) is 1. The Morgan fingerprint density at radius 1 is 1.06 bits per heavy atom. The average molecular weight is 440 g/mol. The summed E-state index contributed by atoms with van der Waals surface area (Å²) in [4.78, 5) is 37.5. The molecule has 0 aliphatic heterocycles. The Balaban J connectivity index is 1.59. The second-order valence-corrected chi connectivity index (χ2v) is 8.19. The van der Waals surface area contributed by atoms with E-state index in [9.17, 15) is 19.5 Å². The van der Waals surface area contributed by atoms with E-state index in [1.54, 1.807) is 0 Å². The molecule has 0 bridgehead atoms. The number of methoxy groups -OCH3 is 1. The van der Waals surface area contributed by atoms with E-state index in [1.165, 1.54) is 28.0 Å². The van der Waals surface area contributed by atoms with Gasteiger partial charge in [-0.25, -0.2) is 9.59 Å². The van der Waals surface area contributed by atoms with Crippen LogP contribution in [0.2, 0.25) is 0 Å². The smallest absolute Gasteiger partial charge is 0.407 e. The molecule has 1 aliphatic rings. The fourth-order valence-corrected chi connectivity index (χ4v) is 3.73. The number of carbonyl (C=O) groups is 3. The molecule has 0 spiro atoms. The van der Waals surface area contributed by atoms with Gasteiger partial charge in [-0.1, -0.05) is 48.5 Å². The van der Waals surface area contributed by atoms with Gasteiger partial charge in [-0.15, -0.1) is 0 Å². The van der Waals surface area contributed by atoms with Gasteiger partial charge in [0.2, 0.25) is 0 Å². The summed E-state index contributed by atoms with van der Waals surface area (Å²) in [6, 6.07) is 16.0. The fraction of sp³-hybridized carbons (Fsp3) is 0.375. The van der Waals surface area contributed by atoms with Crippen LogP contribution in [0, 0.1) is 0 Å². The number of hydrogen-bond donors (Lipinski definition) is 2. The minimum Gasteiger partial charge on any atom is -0.480 e. The SMILES string of the molecule is COC(CNC(=O)OCC1c2ccccc2-c2ccccc21)C(=O)N(C)C(C)(C)C(=O)O. The predicted molar refractivity (Wildman–Crippen MR) is 118 cm³/mol. The first-order valence-corrected chi connectivity index (χ1v) is 10.3. The molecule has 8 nitrogen and oxygen atoms in total. The van der Waals surface area contributed by atoms with E-state index < -0.39 is 29.6 Å². The van der Waals surface area contributed by atoms with Crippen LogP contribution in [0.15, 0.2) is 48.5 Å². The van der Waals surface area contributed by atoms with Gasteiger partial charge in [-0.3, -0.25) is 4.79 Å². The Labute approximate surface area is 187 Å². The van der Waals surface area contributed by atoms with E-state index in [0.29, 0.717) is 0 Å². The minimum absolute atomic E-state index is 0.0736. The van der Waals surface area contributed by atoms with Crippen LogP contribution < -0.4 is 5.32 Å². The van der Waals surface area contributed by atoms with Crippen LogP contribution in [0.5, 0.6) is 0 Å². The summed E-state index contributed by atoms with van der Waals surface area (Å²) >= 11 is 0. The molecule has 1 aliphatic carbocycles. The van der Waals surface area contributed by atoms with E-state index in [-0.39, 0.29) is 19.1 Å². The maximum Gasteiger partial charge on any atom is 0.407 e. The van der Waals surface area contributed by atoms with Crippen LogP contribution in [0.1, 0.15) is 30.9 Å². The van der Waals surface area contributed by atoms with Crippen molar-refractivity contribution in [2.24, 2.45) is 0 Å². The minimum atomic E-state index is -1.42. The molecule has 0 aromatic heterocycles. The number of carboxylic acids is 1. The molecule has 3 rings (SSSR count). The normalized spacial score (nSPS) is 13.6. The summed E-state index contributed by atoms with van der Waals surface area (Å²) in [7, 11) is 2.71. The van der Waals surface area contributed by atoms with E-state index in [0.717, 1.165) is 27.2 Å². The molecule has 2 aromatic rings. The molecule has 8 heteroatoms. The number of aliphatic carboxylic acids is 1. The molecule has 1 unspecified atom stereocenters. The number of ether oxygens (including phenoxy) is 2. The standard InChI is InChI=1S/C24H28N2O6/c1-24(2,22(28)29)26(3)21(27)20(31-4)13-25-23(30)32-14-19-17-11-7-5-9-15(17)16-10-6-8-12-18(16)19/h5-12,19-20H,13-14H2,1-4H3,(H,25,30)(H,28,29). The van der Waals surface area contributed by atoms with Crippen molar-refractivity contribution in [1.29, 1.82) is 0 Å². The third-order valence-electron chi connectivity index (χ3n) is 6.03. The summed E-state index contributed by atoms with van der Waals surface area (Å²) in [5, 5.41) is 11.9. The van der Waals surface area contributed by atoms with Gasteiger partial charge in [0.05, 0.1) is 6.54 Å². The Bertz CT molecular complexity index is 974. The maximum atomic E-state index is 12.6. The number of nitrogens with one attached hydrogen (secondary N) is 1. The number of nitrogens with zero attached hydrogens (tertiary/aromatic N) is 1. The second kappa shape index (κ2) is 9.40. The summed E-state index contributed by atoms with van der Waals surface area (Å²) in [5.41, 5.74) is 3.04. The highest BCUT2D eigenvalue weighted by Gasteiger charge is 2.38. The fourth-order valence-electron chi connectivity index (χ4n) is 3.73. The highest BCUT2D eigenvalue weighted by atomic mass is 16.5. The van der Waals surface area contributed by atoms with E-state index in [2.05, 4.69) is 17.4 Å². The van der Waals surface area contributed by atoms with Crippen molar-refractivity contribution in [3.8, 4) is 11.1 Å². The third kappa shape index (κ3) is 4.45. The number of carbonyl (C=O) groups excluding carboxylic acids is 2. The zero-order chi connectivity index (χ0) is 23.5. The zero-order valence-electron chi connectivity index (χ0n) is 18.6. The van der Waals surface area contributed by atoms with Crippen LogP contribution in [-0.4, -0.2) is 66.9 Å². The van der Waals surface area contributed by atoms with Gasteiger partial charge in [0.15, 0.2) is 6.10 Å². The number of rotatable bonds is 8. The quantitative estimate of drug-likeness (QED) is 0.654. The number of fused-ring (bicyclic) bond motifs is 3. The first-order chi connectivity index (χ1) is 15.2. The van der Waals surface area contributed by atoms with E-state index in [4.69, 9.17) is 9.47 Å². The lowest BCUT2D eigenvalue weighted by molar-refractivity contribution is -0.159. The van der Waals surface area contributed by atoms with Gasteiger partial charge in [0, 0.05) is 20.1 Å². The largest absolute Gasteiger partial charge is 0.480 e. The Morgan fingerprint density at radius 3 is 2.09 bits per heavy atom. The van der Waals surface area contributed by atoms with Gasteiger partial charge < -0.3 is 24.8 Å². The average Bonchev–Trinajstić information content (AvgIpc) is 3.11. The molecule has 0 saturated heterocycles. The lowest BCUT2D eigenvalue weighted by Crippen LogP contribution is -2.55. The predicted octanol–water partition coefficient (Wildman–Crippen LogP) is 2.86. The first-order valence-electron chi connectivity index (χ1n) is 10.3. The summed E-state index contributed by atoms with van der Waals surface area (Å²) < 4.78 is 10.6. The van der Waals surface area contributed by atoms with Crippen LogP contribution >= 0.6 is 0 Å². The molecule has 1 atom stereocenters. The van der Waals surface area contributed by atoms with Crippen molar-refractivity contribution in [3.63, 3.8) is 0 Å². The molecule has 2 N–H and O–H groups in total. The topological polar surface area (TPSA) is 105 Å².